The molecular weight excluding hydrogens is 374 g/mol. The second-order valence-corrected chi connectivity index (χ2v) is 6.19. The molecule has 0 atom stereocenters. The van der Waals surface area contributed by atoms with Crippen LogP contribution in [0.25, 0.3) is 0 Å². The summed E-state index contributed by atoms with van der Waals surface area (Å²) in [5, 5.41) is 2.77. The molecule has 24 heavy (non-hydrogen) atoms. The van der Waals surface area contributed by atoms with Gasteiger partial charge in [0.2, 0.25) is 5.91 Å². The Kier molecular flexibility index (Phi) is 4.85. The minimum absolute atomic E-state index is 0.170. The van der Waals surface area contributed by atoms with Crippen LogP contribution in [0.1, 0.15) is 29.3 Å². The van der Waals surface area contributed by atoms with Gasteiger partial charge in [0.15, 0.2) is 17.3 Å². The molecule has 3 rings (SSSR count). The van der Waals surface area contributed by atoms with Gasteiger partial charge in [0.05, 0.1) is 11.3 Å². The maximum absolute atomic E-state index is 12.9. The van der Waals surface area contributed by atoms with E-state index in [0.717, 1.165) is 4.47 Å². The second kappa shape index (κ2) is 7.05. The Bertz CT molecular complexity index is 786. The molecule has 1 heterocycles. The number of nitrogens with one attached hydrogen (secondary N) is 1. The van der Waals surface area contributed by atoms with Gasteiger partial charge in [0.1, 0.15) is 13.2 Å². The monoisotopic (exact) mass is 389 g/mol. The van der Waals surface area contributed by atoms with E-state index in [1.165, 1.54) is 0 Å². The number of anilines is 1. The largest absolute Gasteiger partial charge is 0.486 e. The number of fused-ring (bicyclic) bond motifs is 1. The highest BCUT2D eigenvalue weighted by Gasteiger charge is 2.21. The minimum atomic E-state index is -0.189. The molecule has 124 valence electrons. The molecule has 1 N–H and O–H groups in total. The molecule has 0 saturated heterocycles. The Morgan fingerprint density at radius 1 is 1.08 bits per heavy atom. The molecule has 2 aromatic carbocycles. The lowest BCUT2D eigenvalue weighted by atomic mass is 10.0. The van der Waals surface area contributed by atoms with Crippen molar-refractivity contribution in [2.75, 3.05) is 18.5 Å². The van der Waals surface area contributed by atoms with Crippen LogP contribution in [0.15, 0.2) is 40.9 Å². The third-order valence-electron chi connectivity index (χ3n) is 3.63. The number of carbonyl (C=O) groups excluding carboxylic acids is 2. The SMILES string of the molecule is CCC(=O)Nc1cc2c(cc1C(=O)c1ccc(Br)cc1)OCCO2. The lowest BCUT2D eigenvalue weighted by Crippen LogP contribution is -2.18. The molecule has 0 unspecified atom stereocenters. The number of hydrogen-bond donors (Lipinski definition) is 1. The number of rotatable bonds is 4. The van der Waals surface area contributed by atoms with Crippen molar-refractivity contribution < 1.29 is 19.1 Å². The molecule has 1 aliphatic heterocycles. The van der Waals surface area contributed by atoms with Crippen molar-refractivity contribution in [3.63, 3.8) is 0 Å². The Labute approximate surface area is 148 Å². The lowest BCUT2D eigenvalue weighted by Gasteiger charge is -2.21. The van der Waals surface area contributed by atoms with Gasteiger partial charge in [-0.05, 0) is 30.3 Å². The van der Waals surface area contributed by atoms with Crippen LogP contribution in [0.5, 0.6) is 11.5 Å². The summed E-state index contributed by atoms with van der Waals surface area (Å²) < 4.78 is 12.0. The van der Waals surface area contributed by atoms with Crippen molar-refractivity contribution in [3.05, 3.63) is 52.0 Å². The molecule has 0 saturated carbocycles. The molecule has 0 radical (unpaired) electrons. The Hall–Kier alpha value is -2.34. The number of hydrogen-bond acceptors (Lipinski definition) is 4. The van der Waals surface area contributed by atoms with Crippen LogP contribution < -0.4 is 14.8 Å². The molecule has 2 aromatic rings. The van der Waals surface area contributed by atoms with Crippen LogP contribution in [0.4, 0.5) is 5.69 Å². The van der Waals surface area contributed by atoms with Gasteiger partial charge in [0, 0.05) is 22.5 Å². The Balaban J connectivity index is 2.04. The van der Waals surface area contributed by atoms with Crippen molar-refractivity contribution in [2.45, 2.75) is 13.3 Å². The number of ether oxygens (including phenoxy) is 2. The summed E-state index contributed by atoms with van der Waals surface area (Å²) in [5.41, 5.74) is 1.34. The first-order chi connectivity index (χ1) is 11.6. The second-order valence-electron chi connectivity index (χ2n) is 5.28. The summed E-state index contributed by atoms with van der Waals surface area (Å²) in [4.78, 5) is 24.7. The van der Waals surface area contributed by atoms with Crippen molar-refractivity contribution in [1.29, 1.82) is 0 Å². The van der Waals surface area contributed by atoms with Crippen LogP contribution in [-0.2, 0) is 4.79 Å². The third kappa shape index (κ3) is 3.43. The van der Waals surface area contributed by atoms with Crippen LogP contribution in [0.3, 0.4) is 0 Å². The summed E-state index contributed by atoms with van der Waals surface area (Å²) in [6.45, 7) is 2.62. The quantitative estimate of drug-likeness (QED) is 0.807. The summed E-state index contributed by atoms with van der Waals surface area (Å²) in [7, 11) is 0. The molecule has 0 aliphatic carbocycles. The molecular formula is C18H16BrNO4. The zero-order chi connectivity index (χ0) is 17.1. The lowest BCUT2D eigenvalue weighted by molar-refractivity contribution is -0.115. The zero-order valence-corrected chi connectivity index (χ0v) is 14.7. The average Bonchev–Trinajstić information content (AvgIpc) is 2.61. The summed E-state index contributed by atoms with van der Waals surface area (Å²) in [6.07, 6.45) is 0.320. The highest BCUT2D eigenvalue weighted by atomic mass is 79.9. The summed E-state index contributed by atoms with van der Waals surface area (Å²) in [5.74, 6) is 0.679. The molecule has 6 heteroatoms. The number of ketones is 1. The van der Waals surface area contributed by atoms with Crippen molar-refractivity contribution >= 4 is 33.3 Å². The van der Waals surface area contributed by atoms with Gasteiger partial charge < -0.3 is 14.8 Å². The van der Waals surface area contributed by atoms with Gasteiger partial charge in [-0.2, -0.15) is 0 Å². The fraction of sp³-hybridized carbons (Fsp3) is 0.222. The highest BCUT2D eigenvalue weighted by Crippen LogP contribution is 2.36. The van der Waals surface area contributed by atoms with E-state index in [1.807, 2.05) is 0 Å². The first-order valence-corrected chi connectivity index (χ1v) is 8.41. The van der Waals surface area contributed by atoms with Gasteiger partial charge in [-0.15, -0.1) is 0 Å². The van der Waals surface area contributed by atoms with Crippen LogP contribution in [-0.4, -0.2) is 24.9 Å². The zero-order valence-electron chi connectivity index (χ0n) is 13.1. The summed E-state index contributed by atoms with van der Waals surface area (Å²) >= 11 is 3.35. The van der Waals surface area contributed by atoms with Crippen molar-refractivity contribution in [2.24, 2.45) is 0 Å². The van der Waals surface area contributed by atoms with E-state index in [2.05, 4.69) is 21.2 Å². The fourth-order valence-electron chi connectivity index (χ4n) is 2.38. The predicted molar refractivity (Wildman–Crippen MR) is 93.9 cm³/mol. The van der Waals surface area contributed by atoms with E-state index in [0.29, 0.717) is 47.9 Å². The molecule has 5 nitrogen and oxygen atoms in total. The Morgan fingerprint density at radius 2 is 1.71 bits per heavy atom. The normalized spacial score (nSPS) is 12.6. The maximum atomic E-state index is 12.9. The third-order valence-corrected chi connectivity index (χ3v) is 4.16. The van der Waals surface area contributed by atoms with Crippen molar-refractivity contribution in [3.8, 4) is 11.5 Å². The van der Waals surface area contributed by atoms with Gasteiger partial charge in [-0.3, -0.25) is 9.59 Å². The van der Waals surface area contributed by atoms with Gasteiger partial charge in [-0.25, -0.2) is 0 Å². The standard InChI is InChI=1S/C18H16BrNO4/c1-2-17(21)20-14-10-16-15(23-7-8-24-16)9-13(14)18(22)11-3-5-12(19)6-4-11/h3-6,9-10H,2,7-8H2,1H3,(H,20,21). The van der Waals surface area contributed by atoms with E-state index in [1.54, 1.807) is 43.3 Å². The van der Waals surface area contributed by atoms with E-state index in [-0.39, 0.29) is 11.7 Å². The topological polar surface area (TPSA) is 64.6 Å². The predicted octanol–water partition coefficient (Wildman–Crippen LogP) is 3.80. The minimum Gasteiger partial charge on any atom is -0.486 e. The number of benzene rings is 2. The smallest absolute Gasteiger partial charge is 0.224 e. The van der Waals surface area contributed by atoms with E-state index in [9.17, 15) is 9.59 Å². The van der Waals surface area contributed by atoms with E-state index < -0.39 is 0 Å². The number of halogens is 1. The van der Waals surface area contributed by atoms with Gasteiger partial charge in [0.25, 0.3) is 0 Å². The molecule has 0 aromatic heterocycles. The highest BCUT2D eigenvalue weighted by molar-refractivity contribution is 9.10. The van der Waals surface area contributed by atoms with Crippen LogP contribution in [0, 0.1) is 0 Å². The van der Waals surface area contributed by atoms with Crippen LogP contribution >= 0.6 is 15.9 Å². The van der Waals surface area contributed by atoms with E-state index >= 15 is 0 Å². The molecule has 0 bridgehead atoms. The van der Waals surface area contributed by atoms with Gasteiger partial charge >= 0.3 is 0 Å². The number of amides is 1. The maximum Gasteiger partial charge on any atom is 0.224 e. The fourth-order valence-corrected chi connectivity index (χ4v) is 2.64. The van der Waals surface area contributed by atoms with Gasteiger partial charge in [-0.1, -0.05) is 22.9 Å². The molecule has 1 aliphatic rings. The Morgan fingerprint density at radius 3 is 2.33 bits per heavy atom. The average molecular weight is 390 g/mol. The first-order valence-electron chi connectivity index (χ1n) is 7.62. The summed E-state index contributed by atoms with van der Waals surface area (Å²) in [6, 6.07) is 10.3. The molecule has 1 amide bonds. The molecule has 0 spiro atoms. The van der Waals surface area contributed by atoms with E-state index in [4.69, 9.17) is 9.47 Å². The first kappa shape index (κ1) is 16.5. The van der Waals surface area contributed by atoms with Crippen molar-refractivity contribution in [1.82, 2.24) is 0 Å². The van der Waals surface area contributed by atoms with Crippen LogP contribution in [0.2, 0.25) is 0 Å². The molecule has 0 fully saturated rings. The number of carbonyl (C=O) groups is 2.